The van der Waals surface area contributed by atoms with Crippen molar-refractivity contribution in [2.45, 2.75) is 26.4 Å². The van der Waals surface area contributed by atoms with Crippen LogP contribution in [0.15, 0.2) is 54.6 Å². The number of amides is 2. The maximum absolute atomic E-state index is 12.3. The third-order valence-electron chi connectivity index (χ3n) is 3.16. The summed E-state index contributed by atoms with van der Waals surface area (Å²) in [6.07, 6.45) is -0.00235. The molecule has 2 aromatic carbocycles. The average molecular weight is 312 g/mol. The van der Waals surface area contributed by atoms with Crippen LogP contribution < -0.4 is 15.4 Å². The second kappa shape index (κ2) is 7.98. The molecule has 5 heteroatoms. The number of hydrogen-bond donors (Lipinski definition) is 2. The SMILES string of the molecule is CCC(Oc1ccccc1)C(=O)Nc1ccc(NC(C)=O)cc1. The number of rotatable bonds is 6. The Bertz CT molecular complexity index is 654. The largest absolute Gasteiger partial charge is 0.481 e. The average Bonchev–Trinajstić information content (AvgIpc) is 2.55. The summed E-state index contributed by atoms with van der Waals surface area (Å²) in [4.78, 5) is 23.3. The van der Waals surface area contributed by atoms with Crippen molar-refractivity contribution in [3.05, 3.63) is 54.6 Å². The molecule has 0 spiro atoms. The van der Waals surface area contributed by atoms with E-state index < -0.39 is 6.10 Å². The van der Waals surface area contributed by atoms with Gasteiger partial charge < -0.3 is 15.4 Å². The van der Waals surface area contributed by atoms with E-state index in [9.17, 15) is 9.59 Å². The van der Waals surface area contributed by atoms with Gasteiger partial charge in [0.1, 0.15) is 5.75 Å². The standard InChI is InChI=1S/C18H20N2O3/c1-3-17(23-16-7-5-4-6-8-16)18(22)20-15-11-9-14(10-12-15)19-13(2)21/h4-12,17H,3H2,1-2H3,(H,19,21)(H,20,22). The molecular formula is C18H20N2O3. The topological polar surface area (TPSA) is 67.4 Å². The molecule has 2 rings (SSSR count). The highest BCUT2D eigenvalue weighted by atomic mass is 16.5. The molecule has 2 aromatic rings. The van der Waals surface area contributed by atoms with Crippen LogP contribution in [0.3, 0.4) is 0 Å². The smallest absolute Gasteiger partial charge is 0.265 e. The third kappa shape index (κ3) is 5.14. The van der Waals surface area contributed by atoms with Gasteiger partial charge in [-0.15, -0.1) is 0 Å². The summed E-state index contributed by atoms with van der Waals surface area (Å²) < 4.78 is 5.70. The summed E-state index contributed by atoms with van der Waals surface area (Å²) in [6, 6.07) is 16.2. The van der Waals surface area contributed by atoms with Gasteiger partial charge in [0.25, 0.3) is 5.91 Å². The molecule has 0 bridgehead atoms. The molecule has 0 saturated carbocycles. The normalized spacial score (nSPS) is 11.4. The van der Waals surface area contributed by atoms with Crippen molar-refractivity contribution in [3.8, 4) is 5.75 Å². The van der Waals surface area contributed by atoms with Crippen molar-refractivity contribution in [2.75, 3.05) is 10.6 Å². The summed E-state index contributed by atoms with van der Waals surface area (Å²) in [5.41, 5.74) is 1.34. The lowest BCUT2D eigenvalue weighted by atomic mass is 10.2. The molecule has 1 atom stereocenters. The predicted octanol–water partition coefficient (Wildman–Crippen LogP) is 3.44. The van der Waals surface area contributed by atoms with Crippen LogP contribution in [0.2, 0.25) is 0 Å². The van der Waals surface area contributed by atoms with Crippen molar-refractivity contribution in [1.82, 2.24) is 0 Å². The first kappa shape index (κ1) is 16.5. The fraction of sp³-hybridized carbons (Fsp3) is 0.222. The van der Waals surface area contributed by atoms with E-state index in [0.29, 0.717) is 23.5 Å². The maximum Gasteiger partial charge on any atom is 0.265 e. The number of hydrogen-bond acceptors (Lipinski definition) is 3. The quantitative estimate of drug-likeness (QED) is 0.858. The van der Waals surface area contributed by atoms with Crippen LogP contribution in [-0.4, -0.2) is 17.9 Å². The Labute approximate surface area is 135 Å². The summed E-state index contributed by atoms with van der Waals surface area (Å²) >= 11 is 0. The first-order chi connectivity index (χ1) is 11.1. The predicted molar refractivity (Wildman–Crippen MR) is 90.5 cm³/mol. The Morgan fingerprint density at radius 1 is 0.957 bits per heavy atom. The van der Waals surface area contributed by atoms with Crippen molar-refractivity contribution in [2.24, 2.45) is 0 Å². The number of carbonyl (C=O) groups is 2. The number of anilines is 2. The molecule has 0 saturated heterocycles. The molecule has 0 radical (unpaired) electrons. The van der Waals surface area contributed by atoms with Crippen LogP contribution in [0.4, 0.5) is 11.4 Å². The summed E-state index contributed by atoms with van der Waals surface area (Å²) in [5.74, 6) is 0.322. The molecule has 0 aliphatic rings. The Balaban J connectivity index is 1.97. The van der Waals surface area contributed by atoms with E-state index in [0.717, 1.165) is 0 Å². The fourth-order valence-electron chi connectivity index (χ4n) is 2.05. The molecule has 0 fully saturated rings. The molecule has 2 amide bonds. The van der Waals surface area contributed by atoms with Gasteiger partial charge in [-0.1, -0.05) is 25.1 Å². The van der Waals surface area contributed by atoms with Gasteiger partial charge >= 0.3 is 0 Å². The number of nitrogens with one attached hydrogen (secondary N) is 2. The first-order valence-electron chi connectivity index (χ1n) is 7.48. The maximum atomic E-state index is 12.3. The molecule has 5 nitrogen and oxygen atoms in total. The Morgan fingerprint density at radius 3 is 2.04 bits per heavy atom. The Kier molecular flexibility index (Phi) is 5.74. The number of benzene rings is 2. The molecule has 23 heavy (non-hydrogen) atoms. The lowest BCUT2D eigenvalue weighted by Gasteiger charge is -2.17. The molecule has 0 aliphatic heterocycles. The molecule has 0 heterocycles. The summed E-state index contributed by atoms with van der Waals surface area (Å²) in [6.45, 7) is 3.34. The summed E-state index contributed by atoms with van der Waals surface area (Å²) in [7, 11) is 0. The minimum Gasteiger partial charge on any atom is -0.481 e. The highest BCUT2D eigenvalue weighted by Gasteiger charge is 2.18. The lowest BCUT2D eigenvalue weighted by Crippen LogP contribution is -2.32. The van der Waals surface area contributed by atoms with Crippen molar-refractivity contribution in [1.29, 1.82) is 0 Å². The monoisotopic (exact) mass is 312 g/mol. The lowest BCUT2D eigenvalue weighted by molar-refractivity contribution is -0.122. The van der Waals surface area contributed by atoms with Gasteiger partial charge in [0.05, 0.1) is 0 Å². The molecular weight excluding hydrogens is 292 g/mol. The molecule has 0 aromatic heterocycles. The van der Waals surface area contributed by atoms with Crippen LogP contribution in [-0.2, 0) is 9.59 Å². The van der Waals surface area contributed by atoms with Crippen molar-refractivity contribution >= 4 is 23.2 Å². The summed E-state index contributed by atoms with van der Waals surface area (Å²) in [5, 5.41) is 5.49. The van der Waals surface area contributed by atoms with Gasteiger partial charge in [0.2, 0.25) is 5.91 Å². The number of ether oxygens (including phenoxy) is 1. The van der Waals surface area contributed by atoms with Crippen LogP contribution in [0.1, 0.15) is 20.3 Å². The van der Waals surface area contributed by atoms with Crippen LogP contribution >= 0.6 is 0 Å². The second-order valence-electron chi connectivity index (χ2n) is 5.08. The van der Waals surface area contributed by atoms with Crippen LogP contribution in [0, 0.1) is 0 Å². The molecule has 0 aliphatic carbocycles. The second-order valence-corrected chi connectivity index (χ2v) is 5.08. The van der Waals surface area contributed by atoms with E-state index in [4.69, 9.17) is 4.74 Å². The van der Waals surface area contributed by atoms with Gasteiger partial charge in [0.15, 0.2) is 6.10 Å². The van der Waals surface area contributed by atoms with Crippen LogP contribution in [0.5, 0.6) is 5.75 Å². The minimum absolute atomic E-state index is 0.135. The van der Waals surface area contributed by atoms with Gasteiger partial charge in [-0.3, -0.25) is 9.59 Å². The van der Waals surface area contributed by atoms with Gasteiger partial charge in [0, 0.05) is 18.3 Å². The number of para-hydroxylation sites is 1. The zero-order valence-corrected chi connectivity index (χ0v) is 13.2. The van der Waals surface area contributed by atoms with Gasteiger partial charge in [-0.25, -0.2) is 0 Å². The minimum atomic E-state index is -0.563. The van der Waals surface area contributed by atoms with E-state index in [1.54, 1.807) is 24.3 Å². The zero-order chi connectivity index (χ0) is 16.7. The molecule has 120 valence electrons. The fourth-order valence-corrected chi connectivity index (χ4v) is 2.05. The van der Waals surface area contributed by atoms with E-state index in [1.165, 1.54) is 6.92 Å². The Morgan fingerprint density at radius 2 is 1.52 bits per heavy atom. The van der Waals surface area contributed by atoms with Crippen molar-refractivity contribution in [3.63, 3.8) is 0 Å². The molecule has 2 N–H and O–H groups in total. The van der Waals surface area contributed by atoms with Crippen molar-refractivity contribution < 1.29 is 14.3 Å². The van der Waals surface area contributed by atoms with E-state index in [2.05, 4.69) is 10.6 Å². The Hall–Kier alpha value is -2.82. The number of carbonyl (C=O) groups excluding carboxylic acids is 2. The van der Waals surface area contributed by atoms with Crippen LogP contribution in [0.25, 0.3) is 0 Å². The van der Waals surface area contributed by atoms with E-state index in [1.807, 2.05) is 37.3 Å². The third-order valence-corrected chi connectivity index (χ3v) is 3.16. The zero-order valence-electron chi connectivity index (χ0n) is 13.2. The van der Waals surface area contributed by atoms with Gasteiger partial charge in [-0.05, 0) is 42.8 Å². The highest BCUT2D eigenvalue weighted by molar-refractivity contribution is 5.95. The molecule has 1 unspecified atom stereocenters. The highest BCUT2D eigenvalue weighted by Crippen LogP contribution is 2.16. The van der Waals surface area contributed by atoms with Gasteiger partial charge in [-0.2, -0.15) is 0 Å². The first-order valence-corrected chi connectivity index (χ1v) is 7.48. The van der Waals surface area contributed by atoms with E-state index in [-0.39, 0.29) is 11.8 Å². The van der Waals surface area contributed by atoms with E-state index >= 15 is 0 Å².